The molecule has 10 nitrogen and oxygen atoms in total. The SMILES string of the molecule is CCn1cc(Cn2cc(Cl)c(NC(=O)c3cnn(CCC(=O)O)c3)n2)cn1. The highest BCUT2D eigenvalue weighted by atomic mass is 35.5. The van der Waals surface area contributed by atoms with Gasteiger partial charge in [-0.3, -0.25) is 23.6 Å². The predicted octanol–water partition coefficient (Wildman–Crippen LogP) is 1.72. The molecule has 2 N–H and O–H groups in total. The van der Waals surface area contributed by atoms with Gasteiger partial charge in [-0.25, -0.2) is 0 Å². The van der Waals surface area contributed by atoms with E-state index in [0.29, 0.717) is 11.6 Å². The second-order valence-electron chi connectivity index (χ2n) is 5.82. The molecule has 0 saturated heterocycles. The van der Waals surface area contributed by atoms with Crippen LogP contribution >= 0.6 is 11.6 Å². The number of anilines is 1. The molecule has 0 aliphatic carbocycles. The van der Waals surface area contributed by atoms with Gasteiger partial charge in [0.05, 0.1) is 37.5 Å². The summed E-state index contributed by atoms with van der Waals surface area (Å²) >= 11 is 6.16. The summed E-state index contributed by atoms with van der Waals surface area (Å²) in [6, 6.07) is 0. The molecule has 0 spiro atoms. The van der Waals surface area contributed by atoms with Crippen LogP contribution < -0.4 is 5.32 Å². The van der Waals surface area contributed by atoms with Crippen LogP contribution in [-0.4, -0.2) is 46.3 Å². The summed E-state index contributed by atoms with van der Waals surface area (Å²) in [4.78, 5) is 22.9. The van der Waals surface area contributed by atoms with Crippen LogP contribution in [0.4, 0.5) is 5.82 Å². The number of aliphatic carboxylic acids is 1. The lowest BCUT2D eigenvalue weighted by molar-refractivity contribution is -0.137. The van der Waals surface area contributed by atoms with Crippen molar-refractivity contribution in [3.8, 4) is 0 Å². The molecule has 0 fully saturated rings. The molecule has 3 aromatic rings. The molecule has 0 aliphatic rings. The summed E-state index contributed by atoms with van der Waals surface area (Å²) in [7, 11) is 0. The maximum Gasteiger partial charge on any atom is 0.305 e. The molecule has 0 radical (unpaired) electrons. The number of aryl methyl sites for hydroxylation is 2. The largest absolute Gasteiger partial charge is 0.481 e. The predicted molar refractivity (Wildman–Crippen MR) is 96.7 cm³/mol. The summed E-state index contributed by atoms with van der Waals surface area (Å²) in [5.41, 5.74) is 1.25. The summed E-state index contributed by atoms with van der Waals surface area (Å²) < 4.78 is 4.82. The minimum Gasteiger partial charge on any atom is -0.481 e. The summed E-state index contributed by atoms with van der Waals surface area (Å²) in [5.74, 6) is -1.12. The van der Waals surface area contributed by atoms with Crippen molar-refractivity contribution in [2.75, 3.05) is 5.32 Å². The van der Waals surface area contributed by atoms with Crippen LogP contribution in [0, 0.1) is 0 Å². The molecular formula is C16H18ClN7O3. The zero-order valence-corrected chi connectivity index (χ0v) is 15.3. The monoisotopic (exact) mass is 391 g/mol. The number of halogens is 1. The molecule has 1 amide bonds. The molecule has 27 heavy (non-hydrogen) atoms. The van der Waals surface area contributed by atoms with Crippen LogP contribution in [0.1, 0.15) is 29.3 Å². The number of carbonyl (C=O) groups is 2. The van der Waals surface area contributed by atoms with Gasteiger partial charge in [0.1, 0.15) is 5.02 Å². The van der Waals surface area contributed by atoms with Gasteiger partial charge in [-0.15, -0.1) is 0 Å². The molecule has 0 saturated carbocycles. The lowest BCUT2D eigenvalue weighted by atomic mass is 10.3. The van der Waals surface area contributed by atoms with Gasteiger partial charge in [0.15, 0.2) is 5.82 Å². The van der Waals surface area contributed by atoms with E-state index in [1.54, 1.807) is 17.1 Å². The van der Waals surface area contributed by atoms with Crippen LogP contribution in [0.3, 0.4) is 0 Å². The second-order valence-corrected chi connectivity index (χ2v) is 6.22. The van der Waals surface area contributed by atoms with Crippen LogP contribution in [0.25, 0.3) is 0 Å². The Balaban J connectivity index is 1.64. The van der Waals surface area contributed by atoms with E-state index >= 15 is 0 Å². The van der Waals surface area contributed by atoms with Gasteiger partial charge < -0.3 is 10.4 Å². The number of rotatable bonds is 8. The Kier molecular flexibility index (Phi) is 5.55. The van der Waals surface area contributed by atoms with Gasteiger partial charge >= 0.3 is 5.97 Å². The molecule has 0 aliphatic heterocycles. The minimum absolute atomic E-state index is 0.0758. The van der Waals surface area contributed by atoms with E-state index in [9.17, 15) is 9.59 Å². The number of hydrogen-bond donors (Lipinski definition) is 2. The number of carboxylic acid groups (broad SMARTS) is 1. The average molecular weight is 392 g/mol. The van der Waals surface area contributed by atoms with E-state index in [2.05, 4.69) is 20.6 Å². The third-order valence-electron chi connectivity index (χ3n) is 3.75. The molecular weight excluding hydrogens is 374 g/mol. The van der Waals surface area contributed by atoms with Gasteiger partial charge in [0.2, 0.25) is 0 Å². The summed E-state index contributed by atoms with van der Waals surface area (Å²) in [6.07, 6.45) is 8.05. The standard InChI is InChI=1S/C16H18ClN7O3/c1-2-22-7-11(5-18-22)8-24-10-13(17)15(21-24)20-16(27)12-6-19-23(9-12)4-3-14(25)26/h5-7,9-10H,2-4,8H2,1H3,(H,25,26)(H,20,21,27). The Labute approximate surface area is 159 Å². The number of carbonyl (C=O) groups excluding carboxylic acids is 1. The zero-order chi connectivity index (χ0) is 19.4. The highest BCUT2D eigenvalue weighted by Gasteiger charge is 2.14. The molecule has 0 aromatic carbocycles. The Morgan fingerprint density at radius 1 is 1.15 bits per heavy atom. The van der Waals surface area contributed by atoms with Crippen molar-refractivity contribution < 1.29 is 14.7 Å². The van der Waals surface area contributed by atoms with Crippen molar-refractivity contribution in [1.82, 2.24) is 29.3 Å². The molecule has 0 bridgehead atoms. The lowest BCUT2D eigenvalue weighted by Gasteiger charge is -2.01. The average Bonchev–Trinajstić information content (AvgIpc) is 3.34. The van der Waals surface area contributed by atoms with Gasteiger partial charge in [-0.1, -0.05) is 11.6 Å². The molecule has 3 heterocycles. The molecule has 0 unspecified atom stereocenters. The Morgan fingerprint density at radius 2 is 1.93 bits per heavy atom. The van der Waals surface area contributed by atoms with E-state index in [-0.39, 0.29) is 24.3 Å². The molecule has 11 heteroatoms. The maximum atomic E-state index is 12.3. The molecule has 3 rings (SSSR count). The number of hydrogen-bond acceptors (Lipinski definition) is 5. The second kappa shape index (κ2) is 8.04. The van der Waals surface area contributed by atoms with Crippen LogP contribution in [-0.2, 0) is 24.4 Å². The molecule has 3 aromatic heterocycles. The van der Waals surface area contributed by atoms with Gasteiger partial charge in [0.25, 0.3) is 5.91 Å². The van der Waals surface area contributed by atoms with Crippen molar-refractivity contribution >= 4 is 29.3 Å². The van der Waals surface area contributed by atoms with E-state index in [0.717, 1.165) is 12.1 Å². The van der Waals surface area contributed by atoms with Crippen molar-refractivity contribution in [3.63, 3.8) is 0 Å². The Bertz CT molecular complexity index is 959. The highest BCUT2D eigenvalue weighted by Crippen LogP contribution is 2.20. The molecule has 142 valence electrons. The number of nitrogens with zero attached hydrogens (tertiary/aromatic N) is 6. The maximum absolute atomic E-state index is 12.3. The first kappa shape index (κ1) is 18.6. The lowest BCUT2D eigenvalue weighted by Crippen LogP contribution is -2.12. The number of amides is 1. The third kappa shape index (κ3) is 4.73. The van der Waals surface area contributed by atoms with Crippen molar-refractivity contribution in [3.05, 3.63) is 47.1 Å². The van der Waals surface area contributed by atoms with Crippen molar-refractivity contribution in [2.24, 2.45) is 0 Å². The third-order valence-corrected chi connectivity index (χ3v) is 4.03. The fraction of sp³-hybridized carbons (Fsp3) is 0.312. The smallest absolute Gasteiger partial charge is 0.305 e. The highest BCUT2D eigenvalue weighted by molar-refractivity contribution is 6.33. The number of aromatic nitrogens is 6. The topological polar surface area (TPSA) is 120 Å². The molecule has 0 atom stereocenters. The van der Waals surface area contributed by atoms with E-state index < -0.39 is 11.9 Å². The summed E-state index contributed by atoms with van der Waals surface area (Å²) in [6.45, 7) is 3.44. The van der Waals surface area contributed by atoms with Gasteiger partial charge in [-0.2, -0.15) is 15.3 Å². The normalized spacial score (nSPS) is 10.9. The number of nitrogens with one attached hydrogen (secondary N) is 1. The van der Waals surface area contributed by atoms with Gasteiger partial charge in [-0.05, 0) is 6.92 Å². The van der Waals surface area contributed by atoms with E-state index in [1.807, 2.05) is 17.8 Å². The van der Waals surface area contributed by atoms with Crippen molar-refractivity contribution in [2.45, 2.75) is 33.0 Å². The Hall–Kier alpha value is -3.14. The first-order valence-electron chi connectivity index (χ1n) is 8.24. The fourth-order valence-corrected chi connectivity index (χ4v) is 2.60. The van der Waals surface area contributed by atoms with Crippen molar-refractivity contribution in [1.29, 1.82) is 0 Å². The number of carboxylic acids is 1. The Morgan fingerprint density at radius 3 is 2.63 bits per heavy atom. The van der Waals surface area contributed by atoms with Crippen LogP contribution in [0.15, 0.2) is 31.0 Å². The van der Waals surface area contributed by atoms with E-state index in [4.69, 9.17) is 16.7 Å². The minimum atomic E-state index is -0.932. The van der Waals surface area contributed by atoms with Crippen LogP contribution in [0.2, 0.25) is 5.02 Å². The first-order chi connectivity index (χ1) is 12.9. The first-order valence-corrected chi connectivity index (χ1v) is 8.62. The fourth-order valence-electron chi connectivity index (χ4n) is 2.40. The quantitative estimate of drug-likeness (QED) is 0.603. The van der Waals surface area contributed by atoms with E-state index in [1.165, 1.54) is 17.1 Å². The zero-order valence-electron chi connectivity index (χ0n) is 14.5. The van der Waals surface area contributed by atoms with Crippen LogP contribution in [0.5, 0.6) is 0 Å². The summed E-state index contributed by atoms with van der Waals surface area (Å²) in [5, 5.41) is 24.1. The van der Waals surface area contributed by atoms with Gasteiger partial charge in [0, 0.05) is 30.7 Å².